The van der Waals surface area contributed by atoms with Gasteiger partial charge < -0.3 is 5.11 Å². The van der Waals surface area contributed by atoms with Crippen LogP contribution >= 0.6 is 0 Å². The number of hydrogen-bond donors (Lipinski definition) is 2. The Hall–Kier alpha value is -3.88. The van der Waals surface area contributed by atoms with Crippen LogP contribution in [0.15, 0.2) is 48.5 Å². The van der Waals surface area contributed by atoms with Gasteiger partial charge in [0.2, 0.25) is 0 Å². The van der Waals surface area contributed by atoms with E-state index in [2.05, 4.69) is 57.9 Å². The molecular formula is C25H27N7O2. The predicted molar refractivity (Wildman–Crippen MR) is 126 cm³/mol. The van der Waals surface area contributed by atoms with Crippen molar-refractivity contribution in [2.45, 2.75) is 51.5 Å². The van der Waals surface area contributed by atoms with Crippen molar-refractivity contribution >= 4 is 5.97 Å². The first kappa shape index (κ1) is 21.9. The van der Waals surface area contributed by atoms with E-state index in [0.29, 0.717) is 25.2 Å². The van der Waals surface area contributed by atoms with Crippen LogP contribution in [-0.2, 0) is 17.8 Å². The van der Waals surface area contributed by atoms with E-state index in [9.17, 15) is 9.90 Å². The molecule has 0 atom stereocenters. The molecule has 9 nitrogen and oxygen atoms in total. The number of carboxylic acids is 1. The second-order valence-corrected chi connectivity index (χ2v) is 8.78. The van der Waals surface area contributed by atoms with Gasteiger partial charge in [0, 0.05) is 17.9 Å². The average molecular weight is 458 g/mol. The van der Waals surface area contributed by atoms with Crippen molar-refractivity contribution in [3.05, 3.63) is 65.7 Å². The number of H-pyrrole nitrogens is 1. The Balaban J connectivity index is 1.36. The van der Waals surface area contributed by atoms with Crippen LogP contribution in [0.5, 0.6) is 0 Å². The number of nitrogens with one attached hydrogen (secondary N) is 1. The van der Waals surface area contributed by atoms with Crippen LogP contribution in [0.25, 0.3) is 22.5 Å². The van der Waals surface area contributed by atoms with E-state index < -0.39 is 5.97 Å². The fourth-order valence-corrected chi connectivity index (χ4v) is 4.75. The van der Waals surface area contributed by atoms with Crippen molar-refractivity contribution in [1.82, 2.24) is 35.4 Å². The number of benzene rings is 2. The monoisotopic (exact) mass is 457 g/mol. The van der Waals surface area contributed by atoms with Gasteiger partial charge >= 0.3 is 5.97 Å². The summed E-state index contributed by atoms with van der Waals surface area (Å²) in [6, 6.07) is 16.5. The van der Waals surface area contributed by atoms with Crippen LogP contribution in [0.1, 0.15) is 55.7 Å². The van der Waals surface area contributed by atoms with Crippen molar-refractivity contribution < 1.29 is 9.90 Å². The molecule has 0 spiro atoms. The molecular weight excluding hydrogens is 430 g/mol. The summed E-state index contributed by atoms with van der Waals surface area (Å²) in [5, 5.41) is 28.4. The Morgan fingerprint density at radius 2 is 1.79 bits per heavy atom. The number of aromatic amines is 1. The minimum Gasteiger partial charge on any atom is -0.481 e. The van der Waals surface area contributed by atoms with Gasteiger partial charge in [-0.1, -0.05) is 55.5 Å². The third kappa shape index (κ3) is 4.46. The number of carboxylic acid groups (broad SMARTS) is 1. The van der Waals surface area contributed by atoms with Crippen LogP contribution in [0.4, 0.5) is 0 Å². The molecule has 2 N–H and O–H groups in total. The fourth-order valence-electron chi connectivity index (χ4n) is 4.75. The molecule has 4 aromatic rings. The average Bonchev–Trinajstić information content (AvgIpc) is 3.55. The summed E-state index contributed by atoms with van der Waals surface area (Å²) in [5.74, 6) is 1.79. The lowest BCUT2D eigenvalue weighted by molar-refractivity contribution is -0.142. The summed E-state index contributed by atoms with van der Waals surface area (Å²) in [6.45, 7) is 2.69. The summed E-state index contributed by atoms with van der Waals surface area (Å²) >= 11 is 0. The van der Waals surface area contributed by atoms with E-state index >= 15 is 0 Å². The highest BCUT2D eigenvalue weighted by Crippen LogP contribution is 2.35. The van der Waals surface area contributed by atoms with Crippen LogP contribution in [-0.4, -0.2) is 46.5 Å². The number of tetrazole rings is 1. The van der Waals surface area contributed by atoms with Gasteiger partial charge in [-0.25, -0.2) is 14.8 Å². The first-order valence-corrected chi connectivity index (χ1v) is 11.7. The summed E-state index contributed by atoms with van der Waals surface area (Å²) in [7, 11) is 0. The highest BCUT2D eigenvalue weighted by molar-refractivity contribution is 5.80. The smallest absolute Gasteiger partial charge is 0.306 e. The van der Waals surface area contributed by atoms with Gasteiger partial charge in [-0.15, -0.1) is 5.10 Å². The largest absolute Gasteiger partial charge is 0.481 e. The number of carbonyl (C=O) groups is 1. The minimum atomic E-state index is -0.685. The second kappa shape index (κ2) is 9.54. The van der Waals surface area contributed by atoms with Crippen LogP contribution in [0, 0.1) is 5.92 Å². The van der Waals surface area contributed by atoms with Crippen LogP contribution in [0.3, 0.4) is 0 Å². The zero-order valence-corrected chi connectivity index (χ0v) is 19.1. The number of aliphatic carboxylic acids is 1. The predicted octanol–water partition coefficient (Wildman–Crippen LogP) is 4.09. The van der Waals surface area contributed by atoms with Gasteiger partial charge in [0.25, 0.3) is 0 Å². The first-order chi connectivity index (χ1) is 16.6. The lowest BCUT2D eigenvalue weighted by Crippen LogP contribution is -2.22. The van der Waals surface area contributed by atoms with E-state index in [1.807, 2.05) is 22.9 Å². The number of nitrogens with zero attached hydrogens (tertiary/aromatic N) is 6. The lowest BCUT2D eigenvalue weighted by Gasteiger charge is -2.25. The summed E-state index contributed by atoms with van der Waals surface area (Å²) in [6.07, 6.45) is 3.85. The Bertz CT molecular complexity index is 1260. The second-order valence-electron chi connectivity index (χ2n) is 8.78. The molecule has 0 saturated heterocycles. The highest BCUT2D eigenvalue weighted by atomic mass is 16.4. The highest BCUT2D eigenvalue weighted by Gasteiger charge is 2.29. The van der Waals surface area contributed by atoms with Gasteiger partial charge in [0.15, 0.2) is 11.6 Å². The molecule has 0 unspecified atom stereocenters. The summed E-state index contributed by atoms with van der Waals surface area (Å²) in [4.78, 5) is 16.1. The maximum absolute atomic E-state index is 11.3. The molecule has 9 heteroatoms. The van der Waals surface area contributed by atoms with Gasteiger partial charge in [0.1, 0.15) is 5.82 Å². The standard InChI is InChI=1S/C25H27N7O2/c1-2-22-26-24(18-11-13-19(14-12-18)25(33)34)32(29-22)15-16-7-9-17(10-8-16)20-5-3-4-6-21(20)23-27-30-31-28-23/h3-10,18-19H,2,11-15H2,1H3,(H,33,34)(H,27,28,30,31). The molecule has 2 heterocycles. The van der Waals surface area contributed by atoms with E-state index in [-0.39, 0.29) is 11.8 Å². The Kier molecular flexibility index (Phi) is 6.16. The van der Waals surface area contributed by atoms with Gasteiger partial charge in [-0.2, -0.15) is 5.10 Å². The molecule has 2 aromatic heterocycles. The van der Waals surface area contributed by atoms with E-state index in [4.69, 9.17) is 10.1 Å². The molecule has 1 aliphatic rings. The lowest BCUT2D eigenvalue weighted by atomic mass is 9.81. The Labute approximate surface area is 197 Å². The molecule has 0 bridgehead atoms. The van der Waals surface area contributed by atoms with Crippen LogP contribution < -0.4 is 0 Å². The minimum absolute atomic E-state index is 0.235. The molecule has 34 heavy (non-hydrogen) atoms. The van der Waals surface area contributed by atoms with Crippen LogP contribution in [0.2, 0.25) is 0 Å². The third-order valence-corrected chi connectivity index (χ3v) is 6.63. The quantitative estimate of drug-likeness (QED) is 0.428. The number of hydrogen-bond acceptors (Lipinski definition) is 6. The Morgan fingerprint density at radius 3 is 2.44 bits per heavy atom. The molecule has 1 aliphatic carbocycles. The number of aromatic nitrogens is 7. The molecule has 0 radical (unpaired) electrons. The number of aryl methyl sites for hydroxylation is 1. The maximum atomic E-state index is 11.3. The normalized spacial score (nSPS) is 18.1. The molecule has 174 valence electrons. The topological polar surface area (TPSA) is 122 Å². The first-order valence-electron chi connectivity index (χ1n) is 11.7. The Morgan fingerprint density at radius 1 is 1.06 bits per heavy atom. The van der Waals surface area contributed by atoms with Crippen molar-refractivity contribution in [3.8, 4) is 22.5 Å². The zero-order chi connectivity index (χ0) is 23.5. The zero-order valence-electron chi connectivity index (χ0n) is 19.1. The SMILES string of the molecule is CCc1nc(C2CCC(C(=O)O)CC2)n(Cc2ccc(-c3ccccc3-c3nnn[nH]3)cc2)n1. The van der Waals surface area contributed by atoms with Crippen molar-refractivity contribution in [2.75, 3.05) is 0 Å². The van der Waals surface area contributed by atoms with Gasteiger partial charge in [0.05, 0.1) is 12.5 Å². The molecule has 0 aliphatic heterocycles. The maximum Gasteiger partial charge on any atom is 0.306 e. The van der Waals surface area contributed by atoms with Crippen molar-refractivity contribution in [2.24, 2.45) is 5.92 Å². The van der Waals surface area contributed by atoms with Gasteiger partial charge in [-0.3, -0.25) is 4.79 Å². The molecule has 1 fully saturated rings. The van der Waals surface area contributed by atoms with Gasteiger partial charge in [-0.05, 0) is 52.8 Å². The molecule has 0 amide bonds. The molecule has 2 aromatic carbocycles. The van der Waals surface area contributed by atoms with E-state index in [0.717, 1.165) is 53.2 Å². The van der Waals surface area contributed by atoms with Crippen molar-refractivity contribution in [1.29, 1.82) is 0 Å². The van der Waals surface area contributed by atoms with Crippen molar-refractivity contribution in [3.63, 3.8) is 0 Å². The molecule has 5 rings (SSSR count). The van der Waals surface area contributed by atoms with E-state index in [1.165, 1.54) is 0 Å². The van der Waals surface area contributed by atoms with E-state index in [1.54, 1.807) is 0 Å². The molecule has 1 saturated carbocycles. The summed E-state index contributed by atoms with van der Waals surface area (Å²) < 4.78 is 2.01. The third-order valence-electron chi connectivity index (χ3n) is 6.63. The summed E-state index contributed by atoms with van der Waals surface area (Å²) in [5.41, 5.74) is 4.22. The number of rotatable bonds is 7. The fraction of sp³-hybridized carbons (Fsp3) is 0.360.